The van der Waals surface area contributed by atoms with Crippen molar-refractivity contribution in [1.82, 2.24) is 0 Å². The first-order valence-corrected chi connectivity index (χ1v) is 3.55. The van der Waals surface area contributed by atoms with Crippen molar-refractivity contribution in [1.29, 1.82) is 0 Å². The summed E-state index contributed by atoms with van der Waals surface area (Å²) in [7, 11) is 0. The number of allylic oxidation sites excluding steroid dienone is 1. The summed E-state index contributed by atoms with van der Waals surface area (Å²) in [5.41, 5.74) is -0.753. The normalized spacial score (nSPS) is 15.5. The molecule has 1 heteroatoms. The maximum atomic E-state index is 13.4. The monoisotopic (exact) mass is 150 g/mol. The van der Waals surface area contributed by atoms with Crippen molar-refractivity contribution in [2.45, 2.75) is 12.6 Å². The van der Waals surface area contributed by atoms with Crippen molar-refractivity contribution in [2.24, 2.45) is 0 Å². The Balaban J connectivity index is 3.02. The van der Waals surface area contributed by atoms with Crippen LogP contribution >= 0.6 is 0 Å². The quantitative estimate of drug-likeness (QED) is 0.568. The van der Waals surface area contributed by atoms with E-state index in [0.29, 0.717) is 5.56 Å². The third kappa shape index (κ3) is 1.67. The van der Waals surface area contributed by atoms with E-state index in [1.807, 2.05) is 18.2 Å². The zero-order valence-electron chi connectivity index (χ0n) is 6.55. The standard InChI is InChI=1S/C10H11F/c1-3-10(2,11)9-7-5-4-6-8-9/h3-8H,1H2,2H3. The third-order valence-corrected chi connectivity index (χ3v) is 1.72. The van der Waals surface area contributed by atoms with Gasteiger partial charge in [0.05, 0.1) is 0 Å². The van der Waals surface area contributed by atoms with Crippen LogP contribution < -0.4 is 0 Å². The SMILES string of the molecule is C=CC(C)(F)c1ccccc1. The topological polar surface area (TPSA) is 0 Å². The van der Waals surface area contributed by atoms with E-state index in [2.05, 4.69) is 6.58 Å². The van der Waals surface area contributed by atoms with Gasteiger partial charge in [-0.1, -0.05) is 43.0 Å². The van der Waals surface area contributed by atoms with Gasteiger partial charge >= 0.3 is 0 Å². The fourth-order valence-corrected chi connectivity index (χ4v) is 0.882. The Hall–Kier alpha value is -1.11. The van der Waals surface area contributed by atoms with E-state index < -0.39 is 5.67 Å². The molecule has 0 nitrogen and oxygen atoms in total. The molecule has 0 radical (unpaired) electrons. The molecule has 58 valence electrons. The van der Waals surface area contributed by atoms with Gasteiger partial charge in [-0.25, -0.2) is 4.39 Å². The molecule has 0 bridgehead atoms. The van der Waals surface area contributed by atoms with E-state index in [4.69, 9.17) is 0 Å². The van der Waals surface area contributed by atoms with E-state index in [9.17, 15) is 4.39 Å². The smallest absolute Gasteiger partial charge is 0.151 e. The van der Waals surface area contributed by atoms with Crippen LogP contribution in [0.1, 0.15) is 12.5 Å². The van der Waals surface area contributed by atoms with E-state index >= 15 is 0 Å². The molecule has 0 saturated carbocycles. The highest BCUT2D eigenvalue weighted by atomic mass is 19.1. The van der Waals surface area contributed by atoms with Crippen molar-refractivity contribution in [3.63, 3.8) is 0 Å². The van der Waals surface area contributed by atoms with Crippen molar-refractivity contribution >= 4 is 0 Å². The fraction of sp³-hybridized carbons (Fsp3) is 0.200. The first kappa shape index (κ1) is 7.99. The lowest BCUT2D eigenvalue weighted by molar-refractivity contribution is 0.264. The van der Waals surface area contributed by atoms with Crippen LogP contribution in [0.3, 0.4) is 0 Å². The molecule has 1 rings (SSSR count). The second-order valence-electron chi connectivity index (χ2n) is 2.65. The number of alkyl halides is 1. The highest BCUT2D eigenvalue weighted by molar-refractivity contribution is 5.25. The van der Waals surface area contributed by atoms with Crippen LogP contribution in [0.15, 0.2) is 43.0 Å². The molecule has 0 aliphatic heterocycles. The summed E-state index contributed by atoms with van der Waals surface area (Å²) in [6.45, 7) is 4.93. The minimum absolute atomic E-state index is 0.648. The molecule has 11 heavy (non-hydrogen) atoms. The summed E-state index contributed by atoms with van der Waals surface area (Å²) >= 11 is 0. The molecule has 0 saturated heterocycles. The Morgan fingerprint density at radius 2 is 1.91 bits per heavy atom. The van der Waals surface area contributed by atoms with Gasteiger partial charge in [-0.3, -0.25) is 0 Å². The summed E-state index contributed by atoms with van der Waals surface area (Å²) in [6, 6.07) is 9.00. The number of halogens is 1. The van der Waals surface area contributed by atoms with Crippen LogP contribution in [-0.4, -0.2) is 0 Å². The summed E-state index contributed by atoms with van der Waals surface area (Å²) < 4.78 is 13.4. The summed E-state index contributed by atoms with van der Waals surface area (Å²) in [5.74, 6) is 0. The van der Waals surface area contributed by atoms with Crippen LogP contribution in [-0.2, 0) is 5.67 Å². The number of benzene rings is 1. The predicted octanol–water partition coefficient (Wildman–Crippen LogP) is 3.06. The molecular formula is C10H11F. The lowest BCUT2D eigenvalue weighted by atomic mass is 9.99. The zero-order valence-corrected chi connectivity index (χ0v) is 6.55. The third-order valence-electron chi connectivity index (χ3n) is 1.72. The molecule has 0 N–H and O–H groups in total. The lowest BCUT2D eigenvalue weighted by Gasteiger charge is -2.14. The Kier molecular flexibility index (Phi) is 2.08. The minimum atomic E-state index is -1.40. The van der Waals surface area contributed by atoms with Crippen LogP contribution in [0.4, 0.5) is 4.39 Å². The van der Waals surface area contributed by atoms with Gasteiger partial charge in [0.25, 0.3) is 0 Å². The molecule has 0 aliphatic rings. The second kappa shape index (κ2) is 2.87. The van der Waals surface area contributed by atoms with Crippen molar-refractivity contribution in [3.8, 4) is 0 Å². The van der Waals surface area contributed by atoms with E-state index in [0.717, 1.165) is 0 Å². The number of rotatable bonds is 2. The van der Waals surface area contributed by atoms with Gasteiger partial charge in [0.2, 0.25) is 0 Å². The predicted molar refractivity (Wildman–Crippen MR) is 45.1 cm³/mol. The minimum Gasteiger partial charge on any atom is -0.234 e. The molecule has 0 aliphatic carbocycles. The van der Waals surface area contributed by atoms with Gasteiger partial charge in [-0.05, 0) is 12.5 Å². The van der Waals surface area contributed by atoms with Gasteiger partial charge in [-0.2, -0.15) is 0 Å². The number of hydrogen-bond donors (Lipinski definition) is 0. The van der Waals surface area contributed by atoms with Crippen molar-refractivity contribution in [3.05, 3.63) is 48.6 Å². The Morgan fingerprint density at radius 1 is 1.36 bits per heavy atom. The first-order valence-electron chi connectivity index (χ1n) is 3.55. The van der Waals surface area contributed by atoms with E-state index in [-0.39, 0.29) is 0 Å². The molecule has 1 atom stereocenters. The van der Waals surface area contributed by atoms with Crippen LogP contribution in [0.25, 0.3) is 0 Å². The average Bonchev–Trinajstić information content (AvgIpc) is 2.06. The number of hydrogen-bond acceptors (Lipinski definition) is 0. The molecule has 0 amide bonds. The maximum absolute atomic E-state index is 13.4. The summed E-state index contributed by atoms with van der Waals surface area (Å²) in [4.78, 5) is 0. The highest BCUT2D eigenvalue weighted by Crippen LogP contribution is 2.25. The van der Waals surface area contributed by atoms with Gasteiger partial charge in [-0.15, -0.1) is 0 Å². The molecule has 1 aromatic rings. The molecule has 1 aromatic carbocycles. The molecule has 0 heterocycles. The largest absolute Gasteiger partial charge is 0.234 e. The van der Waals surface area contributed by atoms with Crippen molar-refractivity contribution < 1.29 is 4.39 Å². The van der Waals surface area contributed by atoms with Gasteiger partial charge in [0.15, 0.2) is 5.67 Å². The molecule has 0 spiro atoms. The Morgan fingerprint density at radius 3 is 2.36 bits per heavy atom. The lowest BCUT2D eigenvalue weighted by Crippen LogP contribution is -2.09. The Bertz CT molecular complexity index is 236. The van der Waals surface area contributed by atoms with Crippen LogP contribution in [0, 0.1) is 0 Å². The van der Waals surface area contributed by atoms with Crippen LogP contribution in [0.5, 0.6) is 0 Å². The summed E-state index contributed by atoms with van der Waals surface area (Å²) in [5, 5.41) is 0. The van der Waals surface area contributed by atoms with Crippen LogP contribution in [0.2, 0.25) is 0 Å². The molecule has 1 unspecified atom stereocenters. The maximum Gasteiger partial charge on any atom is 0.151 e. The summed E-state index contributed by atoms with van der Waals surface area (Å²) in [6.07, 6.45) is 1.31. The molecule has 0 aromatic heterocycles. The van der Waals surface area contributed by atoms with Crippen molar-refractivity contribution in [2.75, 3.05) is 0 Å². The Labute approximate surface area is 66.4 Å². The van der Waals surface area contributed by atoms with E-state index in [1.165, 1.54) is 13.0 Å². The molecular weight excluding hydrogens is 139 g/mol. The highest BCUT2D eigenvalue weighted by Gasteiger charge is 2.19. The first-order chi connectivity index (χ1) is 5.17. The van der Waals surface area contributed by atoms with Gasteiger partial charge in [0.1, 0.15) is 0 Å². The van der Waals surface area contributed by atoms with Gasteiger partial charge in [0, 0.05) is 0 Å². The fourth-order valence-electron chi connectivity index (χ4n) is 0.882. The second-order valence-corrected chi connectivity index (χ2v) is 2.65. The molecule has 0 fully saturated rings. The van der Waals surface area contributed by atoms with E-state index in [1.54, 1.807) is 12.1 Å². The average molecular weight is 150 g/mol. The van der Waals surface area contributed by atoms with Gasteiger partial charge < -0.3 is 0 Å². The zero-order chi connectivity index (χ0) is 8.32.